The molecule has 0 spiro atoms. The van der Waals surface area contributed by atoms with Gasteiger partial charge >= 0.3 is 0 Å². The number of carbonyl (C=O) groups is 1. The number of nitrogens with one attached hydrogen (secondary N) is 1. The minimum atomic E-state index is -0.0306. The Kier molecular flexibility index (Phi) is 2.62. The first kappa shape index (κ1) is 10.0. The van der Waals surface area contributed by atoms with Gasteiger partial charge in [0.15, 0.2) is 0 Å². The van der Waals surface area contributed by atoms with Gasteiger partial charge in [0.2, 0.25) is 0 Å². The molecular formula is C10H16N4O. The topological polar surface area (TPSA) is 75.0 Å². The molecule has 2 heterocycles. The molecule has 0 aromatic carbocycles. The van der Waals surface area contributed by atoms with Crippen LogP contribution in [0.3, 0.4) is 0 Å². The van der Waals surface area contributed by atoms with Crippen molar-refractivity contribution in [3.63, 3.8) is 0 Å². The number of anilines is 1. The van der Waals surface area contributed by atoms with Gasteiger partial charge in [-0.05, 0) is 18.8 Å². The molecule has 0 saturated carbocycles. The Bertz CT molecular complexity index is 352. The highest BCUT2D eigenvalue weighted by Gasteiger charge is 2.23. The zero-order valence-electron chi connectivity index (χ0n) is 8.86. The van der Waals surface area contributed by atoms with Crippen LogP contribution in [0.4, 0.5) is 5.69 Å². The van der Waals surface area contributed by atoms with Gasteiger partial charge in [-0.15, -0.1) is 0 Å². The molecule has 3 N–H and O–H groups in total. The molecule has 1 aromatic heterocycles. The average molecular weight is 208 g/mol. The fourth-order valence-corrected chi connectivity index (χ4v) is 1.84. The second-order valence-corrected chi connectivity index (χ2v) is 4.18. The Morgan fingerprint density at radius 2 is 2.27 bits per heavy atom. The highest BCUT2D eigenvalue weighted by Crippen LogP contribution is 2.19. The SMILES string of the molecule is CC1CCN(C(=O)c2[nH]ncc2N)CC1. The summed E-state index contributed by atoms with van der Waals surface area (Å²) >= 11 is 0. The number of hydrogen-bond donors (Lipinski definition) is 2. The molecule has 1 fully saturated rings. The van der Waals surface area contributed by atoms with Crippen molar-refractivity contribution in [1.29, 1.82) is 0 Å². The second-order valence-electron chi connectivity index (χ2n) is 4.18. The van der Waals surface area contributed by atoms with Crippen LogP contribution in [0.5, 0.6) is 0 Å². The lowest BCUT2D eigenvalue weighted by molar-refractivity contribution is 0.0692. The minimum absolute atomic E-state index is 0.0306. The summed E-state index contributed by atoms with van der Waals surface area (Å²) < 4.78 is 0. The summed E-state index contributed by atoms with van der Waals surface area (Å²) in [6.07, 6.45) is 3.61. The van der Waals surface area contributed by atoms with Crippen molar-refractivity contribution in [1.82, 2.24) is 15.1 Å². The van der Waals surface area contributed by atoms with E-state index in [-0.39, 0.29) is 5.91 Å². The van der Waals surface area contributed by atoms with Crippen molar-refractivity contribution >= 4 is 11.6 Å². The number of rotatable bonds is 1. The lowest BCUT2D eigenvalue weighted by Crippen LogP contribution is -2.38. The molecule has 0 bridgehead atoms. The third kappa shape index (κ3) is 1.95. The fourth-order valence-electron chi connectivity index (χ4n) is 1.84. The van der Waals surface area contributed by atoms with Gasteiger partial charge in [-0.25, -0.2) is 0 Å². The van der Waals surface area contributed by atoms with Crippen molar-refractivity contribution in [3.8, 4) is 0 Å². The molecule has 0 atom stereocenters. The van der Waals surface area contributed by atoms with Crippen LogP contribution in [-0.4, -0.2) is 34.1 Å². The highest BCUT2D eigenvalue weighted by atomic mass is 16.2. The first-order chi connectivity index (χ1) is 7.18. The lowest BCUT2D eigenvalue weighted by Gasteiger charge is -2.29. The number of hydrogen-bond acceptors (Lipinski definition) is 3. The van der Waals surface area contributed by atoms with Crippen molar-refractivity contribution < 1.29 is 4.79 Å². The largest absolute Gasteiger partial charge is 0.396 e. The third-order valence-corrected chi connectivity index (χ3v) is 2.95. The monoisotopic (exact) mass is 208 g/mol. The Morgan fingerprint density at radius 3 is 2.80 bits per heavy atom. The quantitative estimate of drug-likeness (QED) is 0.719. The number of amides is 1. The summed E-state index contributed by atoms with van der Waals surface area (Å²) in [7, 11) is 0. The molecule has 0 unspecified atom stereocenters. The average Bonchev–Trinajstić information content (AvgIpc) is 2.65. The second kappa shape index (κ2) is 3.92. The summed E-state index contributed by atoms with van der Waals surface area (Å²) in [4.78, 5) is 13.8. The Balaban J connectivity index is 2.06. The number of aromatic nitrogens is 2. The molecule has 0 aliphatic carbocycles. The smallest absolute Gasteiger partial charge is 0.274 e. The van der Waals surface area contributed by atoms with Gasteiger partial charge in [-0.1, -0.05) is 6.92 Å². The van der Waals surface area contributed by atoms with Crippen LogP contribution in [0.1, 0.15) is 30.3 Å². The van der Waals surface area contributed by atoms with E-state index in [9.17, 15) is 4.79 Å². The van der Waals surface area contributed by atoms with Crippen LogP contribution >= 0.6 is 0 Å². The third-order valence-electron chi connectivity index (χ3n) is 2.95. The standard InChI is InChI=1S/C10H16N4O/c1-7-2-4-14(5-3-7)10(15)9-8(11)6-12-13-9/h6-7H,2-5,11H2,1H3,(H,12,13). The minimum Gasteiger partial charge on any atom is -0.396 e. The van der Waals surface area contributed by atoms with E-state index < -0.39 is 0 Å². The van der Waals surface area contributed by atoms with E-state index >= 15 is 0 Å². The number of carbonyl (C=O) groups excluding carboxylic acids is 1. The van der Waals surface area contributed by atoms with Crippen LogP contribution in [0.25, 0.3) is 0 Å². The first-order valence-corrected chi connectivity index (χ1v) is 5.26. The summed E-state index contributed by atoms with van der Waals surface area (Å²) in [6.45, 7) is 3.85. The van der Waals surface area contributed by atoms with E-state index in [0.29, 0.717) is 17.3 Å². The Hall–Kier alpha value is -1.52. The maximum absolute atomic E-state index is 12.0. The Morgan fingerprint density at radius 1 is 1.60 bits per heavy atom. The molecule has 1 aliphatic rings. The van der Waals surface area contributed by atoms with Gasteiger partial charge < -0.3 is 10.6 Å². The van der Waals surface area contributed by atoms with Crippen molar-refractivity contribution in [3.05, 3.63) is 11.9 Å². The van der Waals surface area contributed by atoms with Crippen LogP contribution in [0.2, 0.25) is 0 Å². The number of piperidine rings is 1. The summed E-state index contributed by atoms with van der Waals surface area (Å²) in [5.41, 5.74) is 6.48. The van der Waals surface area contributed by atoms with Gasteiger partial charge in [-0.3, -0.25) is 9.89 Å². The Labute approximate surface area is 88.6 Å². The van der Waals surface area contributed by atoms with Crippen LogP contribution in [-0.2, 0) is 0 Å². The summed E-state index contributed by atoms with van der Waals surface area (Å²) in [5.74, 6) is 0.685. The number of likely N-dealkylation sites (tertiary alicyclic amines) is 1. The van der Waals surface area contributed by atoms with Gasteiger partial charge in [0.25, 0.3) is 5.91 Å². The van der Waals surface area contributed by atoms with Crippen LogP contribution < -0.4 is 5.73 Å². The molecule has 1 saturated heterocycles. The molecule has 0 radical (unpaired) electrons. The number of H-pyrrole nitrogens is 1. The maximum Gasteiger partial charge on any atom is 0.274 e. The molecule has 82 valence electrons. The van der Waals surface area contributed by atoms with Crippen molar-refractivity contribution in [2.75, 3.05) is 18.8 Å². The molecule has 1 amide bonds. The predicted molar refractivity (Wildman–Crippen MR) is 57.3 cm³/mol. The van der Waals surface area contributed by atoms with Crippen molar-refractivity contribution in [2.24, 2.45) is 5.92 Å². The van der Waals surface area contributed by atoms with Crippen LogP contribution in [0, 0.1) is 5.92 Å². The van der Waals surface area contributed by atoms with Gasteiger partial charge in [0.05, 0.1) is 11.9 Å². The van der Waals surface area contributed by atoms with E-state index in [1.807, 2.05) is 4.90 Å². The van der Waals surface area contributed by atoms with E-state index in [1.165, 1.54) is 6.20 Å². The number of nitrogens with two attached hydrogens (primary N) is 1. The van der Waals surface area contributed by atoms with Gasteiger partial charge in [0.1, 0.15) is 5.69 Å². The summed E-state index contributed by atoms with van der Waals surface area (Å²) in [5, 5.41) is 6.40. The first-order valence-electron chi connectivity index (χ1n) is 5.26. The number of aromatic amines is 1. The maximum atomic E-state index is 12.0. The number of nitrogens with zero attached hydrogens (tertiary/aromatic N) is 2. The summed E-state index contributed by atoms with van der Waals surface area (Å²) in [6, 6.07) is 0. The lowest BCUT2D eigenvalue weighted by atomic mass is 9.99. The van der Waals surface area contributed by atoms with Crippen LogP contribution in [0.15, 0.2) is 6.20 Å². The fraction of sp³-hybridized carbons (Fsp3) is 0.600. The highest BCUT2D eigenvalue weighted by molar-refractivity contribution is 5.97. The molecule has 5 heteroatoms. The van der Waals surface area contributed by atoms with E-state index in [0.717, 1.165) is 25.9 Å². The molecule has 2 rings (SSSR count). The molecule has 15 heavy (non-hydrogen) atoms. The van der Waals surface area contributed by atoms with E-state index in [4.69, 9.17) is 5.73 Å². The van der Waals surface area contributed by atoms with Crippen molar-refractivity contribution in [2.45, 2.75) is 19.8 Å². The van der Waals surface area contributed by atoms with Gasteiger partial charge in [-0.2, -0.15) is 5.10 Å². The zero-order valence-corrected chi connectivity index (χ0v) is 8.86. The van der Waals surface area contributed by atoms with Gasteiger partial charge in [0, 0.05) is 13.1 Å². The zero-order chi connectivity index (χ0) is 10.8. The number of nitrogen functional groups attached to an aromatic ring is 1. The van der Waals surface area contributed by atoms with E-state index in [1.54, 1.807) is 0 Å². The van der Waals surface area contributed by atoms with E-state index in [2.05, 4.69) is 17.1 Å². The molecule has 1 aliphatic heterocycles. The molecular weight excluding hydrogens is 192 g/mol. The predicted octanol–water partition coefficient (Wildman–Crippen LogP) is 0.864. The normalized spacial score (nSPS) is 18.1. The molecule has 5 nitrogen and oxygen atoms in total. The molecule has 1 aromatic rings.